The van der Waals surface area contributed by atoms with Crippen LogP contribution in [-0.4, -0.2) is 66.4 Å². The predicted octanol–water partition coefficient (Wildman–Crippen LogP) is 2.63. The number of aromatic nitrogens is 1. The fourth-order valence-corrected chi connectivity index (χ4v) is 4.14. The van der Waals surface area contributed by atoms with Gasteiger partial charge >= 0.3 is 0 Å². The van der Waals surface area contributed by atoms with E-state index in [4.69, 9.17) is 4.74 Å². The van der Waals surface area contributed by atoms with E-state index >= 15 is 0 Å². The van der Waals surface area contributed by atoms with Crippen LogP contribution in [0.3, 0.4) is 0 Å². The highest BCUT2D eigenvalue weighted by Gasteiger charge is 2.27. The maximum Gasteiger partial charge on any atom is 0.296 e. The lowest BCUT2D eigenvalue weighted by molar-refractivity contribution is -0.126. The molecule has 2 heterocycles. The number of carbonyl (C=O) groups excluding carboxylic acids is 2. The molecule has 1 aromatic heterocycles. The van der Waals surface area contributed by atoms with Gasteiger partial charge in [-0.05, 0) is 55.5 Å². The SMILES string of the molecule is COc1ccccc1CCN1CCC[C@@H](CN(C)C(=O)C(=O)c2cccn2C)C1. The molecule has 1 aliphatic heterocycles. The van der Waals surface area contributed by atoms with Crippen molar-refractivity contribution in [2.45, 2.75) is 19.3 Å². The van der Waals surface area contributed by atoms with Gasteiger partial charge in [-0.25, -0.2) is 0 Å². The molecule has 1 saturated heterocycles. The maximum atomic E-state index is 12.6. The molecule has 0 saturated carbocycles. The zero-order chi connectivity index (χ0) is 20.8. The molecule has 2 aromatic rings. The van der Waals surface area contributed by atoms with Gasteiger partial charge in [0, 0.05) is 39.9 Å². The van der Waals surface area contributed by atoms with E-state index in [1.165, 1.54) is 5.56 Å². The highest BCUT2D eigenvalue weighted by Crippen LogP contribution is 2.21. The van der Waals surface area contributed by atoms with Crippen molar-refractivity contribution in [2.24, 2.45) is 13.0 Å². The van der Waals surface area contributed by atoms with Crippen LogP contribution in [0.1, 0.15) is 28.9 Å². The van der Waals surface area contributed by atoms with Gasteiger partial charge in [-0.15, -0.1) is 0 Å². The smallest absolute Gasteiger partial charge is 0.296 e. The molecule has 6 nitrogen and oxygen atoms in total. The van der Waals surface area contributed by atoms with Gasteiger partial charge in [-0.2, -0.15) is 0 Å². The number of likely N-dealkylation sites (N-methyl/N-ethyl adjacent to an activating group) is 1. The van der Waals surface area contributed by atoms with Crippen LogP contribution in [0, 0.1) is 5.92 Å². The number of methoxy groups -OCH3 is 1. The van der Waals surface area contributed by atoms with E-state index in [1.54, 1.807) is 49.0 Å². The molecule has 0 aliphatic carbocycles. The Morgan fingerprint density at radius 3 is 2.72 bits per heavy atom. The third-order valence-electron chi connectivity index (χ3n) is 5.74. The van der Waals surface area contributed by atoms with E-state index < -0.39 is 11.7 Å². The lowest BCUT2D eigenvalue weighted by Crippen LogP contribution is -2.43. The maximum absolute atomic E-state index is 12.6. The van der Waals surface area contributed by atoms with Crippen LogP contribution >= 0.6 is 0 Å². The normalized spacial score (nSPS) is 17.1. The number of carbonyl (C=O) groups is 2. The van der Waals surface area contributed by atoms with E-state index in [1.807, 2.05) is 18.2 Å². The van der Waals surface area contributed by atoms with Crippen molar-refractivity contribution in [1.82, 2.24) is 14.4 Å². The van der Waals surface area contributed by atoms with Crippen LogP contribution in [0.4, 0.5) is 0 Å². The second-order valence-electron chi connectivity index (χ2n) is 7.89. The number of hydrogen-bond acceptors (Lipinski definition) is 4. The largest absolute Gasteiger partial charge is 0.496 e. The lowest BCUT2D eigenvalue weighted by Gasteiger charge is -2.34. The van der Waals surface area contributed by atoms with Crippen molar-refractivity contribution in [1.29, 1.82) is 0 Å². The number of nitrogens with zero attached hydrogens (tertiary/aromatic N) is 3. The van der Waals surface area contributed by atoms with Crippen LogP contribution in [0.15, 0.2) is 42.6 Å². The summed E-state index contributed by atoms with van der Waals surface area (Å²) in [6, 6.07) is 11.6. The number of benzene rings is 1. The van der Waals surface area contributed by atoms with Gasteiger partial charge in [-0.1, -0.05) is 18.2 Å². The molecule has 0 N–H and O–H groups in total. The third kappa shape index (κ3) is 5.26. The van der Waals surface area contributed by atoms with Gasteiger partial charge in [0.15, 0.2) is 0 Å². The summed E-state index contributed by atoms with van der Waals surface area (Å²) in [5, 5.41) is 0. The van der Waals surface area contributed by atoms with Gasteiger partial charge in [-0.3, -0.25) is 9.59 Å². The number of hydrogen-bond donors (Lipinski definition) is 0. The average Bonchev–Trinajstić information content (AvgIpc) is 3.17. The Bertz CT molecular complexity index is 845. The minimum absolute atomic E-state index is 0.386. The highest BCUT2D eigenvalue weighted by molar-refractivity contribution is 6.42. The average molecular weight is 398 g/mol. The number of ether oxygens (including phenoxy) is 1. The number of likely N-dealkylation sites (tertiary alicyclic amines) is 1. The number of amides is 1. The first kappa shape index (κ1) is 21.1. The third-order valence-corrected chi connectivity index (χ3v) is 5.74. The zero-order valence-electron chi connectivity index (χ0n) is 17.6. The summed E-state index contributed by atoms with van der Waals surface area (Å²) >= 11 is 0. The molecule has 1 atom stereocenters. The van der Waals surface area contributed by atoms with Crippen molar-refractivity contribution in [2.75, 3.05) is 40.3 Å². The van der Waals surface area contributed by atoms with Crippen LogP contribution in [0.2, 0.25) is 0 Å². The lowest BCUT2D eigenvalue weighted by atomic mass is 9.96. The molecule has 3 rings (SSSR count). The molecule has 1 aromatic carbocycles. The fraction of sp³-hybridized carbons (Fsp3) is 0.478. The van der Waals surface area contributed by atoms with Gasteiger partial charge in [0.2, 0.25) is 0 Å². The van der Waals surface area contributed by atoms with E-state index in [2.05, 4.69) is 11.0 Å². The number of aryl methyl sites for hydroxylation is 1. The van der Waals surface area contributed by atoms with Crippen LogP contribution in [0.5, 0.6) is 5.75 Å². The summed E-state index contributed by atoms with van der Waals surface area (Å²) in [7, 11) is 5.22. The summed E-state index contributed by atoms with van der Waals surface area (Å²) in [6.45, 7) is 3.60. The Morgan fingerprint density at radius 1 is 1.21 bits per heavy atom. The van der Waals surface area contributed by atoms with Crippen LogP contribution in [0.25, 0.3) is 0 Å². The van der Waals surface area contributed by atoms with Crippen molar-refractivity contribution in [3.63, 3.8) is 0 Å². The number of rotatable bonds is 8. The van der Waals surface area contributed by atoms with Crippen molar-refractivity contribution >= 4 is 11.7 Å². The molecule has 1 amide bonds. The number of piperidine rings is 1. The van der Waals surface area contributed by atoms with E-state index in [0.717, 1.165) is 44.6 Å². The second-order valence-corrected chi connectivity index (χ2v) is 7.89. The Balaban J connectivity index is 1.52. The Morgan fingerprint density at radius 2 is 2.00 bits per heavy atom. The second kappa shape index (κ2) is 9.74. The number of para-hydroxylation sites is 1. The Hall–Kier alpha value is -2.60. The first-order valence-electron chi connectivity index (χ1n) is 10.2. The fourth-order valence-electron chi connectivity index (χ4n) is 4.14. The molecule has 156 valence electrons. The van der Waals surface area contributed by atoms with E-state index in [9.17, 15) is 9.59 Å². The molecule has 1 fully saturated rings. The van der Waals surface area contributed by atoms with Gasteiger partial charge < -0.3 is 19.1 Å². The molecular weight excluding hydrogens is 366 g/mol. The first-order chi connectivity index (χ1) is 14.0. The molecule has 0 radical (unpaired) electrons. The van der Waals surface area contributed by atoms with Gasteiger partial charge in [0.25, 0.3) is 11.7 Å². The summed E-state index contributed by atoms with van der Waals surface area (Å²) in [5.41, 5.74) is 1.65. The quantitative estimate of drug-likeness (QED) is 0.508. The monoisotopic (exact) mass is 397 g/mol. The molecule has 29 heavy (non-hydrogen) atoms. The van der Waals surface area contributed by atoms with Crippen molar-refractivity contribution < 1.29 is 14.3 Å². The van der Waals surface area contributed by atoms with E-state index in [0.29, 0.717) is 18.2 Å². The molecule has 0 spiro atoms. The summed E-state index contributed by atoms with van der Waals surface area (Å²) in [4.78, 5) is 29.1. The minimum Gasteiger partial charge on any atom is -0.496 e. The van der Waals surface area contributed by atoms with Gasteiger partial charge in [0.05, 0.1) is 12.8 Å². The zero-order valence-corrected chi connectivity index (χ0v) is 17.6. The van der Waals surface area contributed by atoms with Crippen LogP contribution in [-0.2, 0) is 18.3 Å². The van der Waals surface area contributed by atoms with Crippen LogP contribution < -0.4 is 4.74 Å². The number of ketones is 1. The standard InChI is InChI=1S/C23H31N3O3/c1-24-13-7-10-20(24)22(27)23(28)25(2)16-18-8-6-14-26(17-18)15-12-19-9-4-5-11-21(19)29-3/h4-5,7,9-11,13,18H,6,8,12,14-17H2,1-3H3/t18-/m0/s1. The molecular formula is C23H31N3O3. The van der Waals surface area contributed by atoms with Gasteiger partial charge in [0.1, 0.15) is 5.75 Å². The summed E-state index contributed by atoms with van der Waals surface area (Å²) < 4.78 is 7.14. The Kier molecular flexibility index (Phi) is 7.09. The minimum atomic E-state index is -0.441. The Labute approximate surface area is 173 Å². The summed E-state index contributed by atoms with van der Waals surface area (Å²) in [5.74, 6) is 0.448. The number of Topliss-reactive ketones (excluding diaryl/α,β-unsaturated/α-hetero) is 1. The molecule has 0 unspecified atom stereocenters. The van der Waals surface area contributed by atoms with Crippen molar-refractivity contribution in [3.8, 4) is 5.75 Å². The molecule has 1 aliphatic rings. The van der Waals surface area contributed by atoms with Crippen molar-refractivity contribution in [3.05, 3.63) is 53.9 Å². The predicted molar refractivity (Wildman–Crippen MR) is 113 cm³/mol. The topological polar surface area (TPSA) is 54.8 Å². The first-order valence-corrected chi connectivity index (χ1v) is 10.2. The molecule has 6 heteroatoms. The summed E-state index contributed by atoms with van der Waals surface area (Å²) in [6.07, 6.45) is 4.92. The highest BCUT2D eigenvalue weighted by atomic mass is 16.5. The van der Waals surface area contributed by atoms with E-state index in [-0.39, 0.29) is 0 Å². The molecule has 0 bridgehead atoms.